The van der Waals surface area contributed by atoms with Crippen molar-refractivity contribution >= 4 is 11.9 Å². The summed E-state index contributed by atoms with van der Waals surface area (Å²) in [5, 5.41) is 3.07. The molecule has 0 aliphatic carbocycles. The van der Waals surface area contributed by atoms with Crippen molar-refractivity contribution in [3.8, 4) is 0 Å². The first-order chi connectivity index (χ1) is 13.3. The Labute approximate surface area is 169 Å². The van der Waals surface area contributed by atoms with Crippen molar-refractivity contribution in [2.45, 2.75) is 59.0 Å². The number of likely N-dealkylation sites (tertiary alicyclic amines) is 2. The monoisotopic (exact) mass is 391 g/mol. The Hall–Kier alpha value is -1.40. The standard InChI is InChI=1S/C22H37N3O3/c1-5-24-11-7-22(8-12-24)19(18(4)21(27)28-22)20(26)23-9-6-10-25-14-16(2)13-17(3)15-25/h16-17H,5-15H2,1-4H3,(H,23,26). The first-order valence-corrected chi connectivity index (χ1v) is 11.0. The number of esters is 1. The maximum Gasteiger partial charge on any atom is 0.335 e. The van der Waals surface area contributed by atoms with Crippen LogP contribution in [0.4, 0.5) is 0 Å². The van der Waals surface area contributed by atoms with E-state index in [-0.39, 0.29) is 11.9 Å². The lowest BCUT2D eigenvalue weighted by Crippen LogP contribution is -2.48. The topological polar surface area (TPSA) is 61.9 Å². The van der Waals surface area contributed by atoms with Crippen LogP contribution in [0.5, 0.6) is 0 Å². The summed E-state index contributed by atoms with van der Waals surface area (Å²) in [7, 11) is 0. The lowest BCUT2D eigenvalue weighted by atomic mass is 9.82. The van der Waals surface area contributed by atoms with Gasteiger partial charge in [-0.3, -0.25) is 4.79 Å². The largest absolute Gasteiger partial charge is 0.450 e. The molecule has 2 saturated heterocycles. The maximum absolute atomic E-state index is 13.0. The highest BCUT2D eigenvalue weighted by atomic mass is 16.6. The number of nitrogens with zero attached hydrogens (tertiary/aromatic N) is 2. The normalized spacial score (nSPS) is 28.6. The molecule has 6 heteroatoms. The molecule has 0 aromatic carbocycles. The molecular weight excluding hydrogens is 354 g/mol. The minimum Gasteiger partial charge on any atom is -0.450 e. The molecule has 2 atom stereocenters. The van der Waals surface area contributed by atoms with Gasteiger partial charge in [-0.1, -0.05) is 20.8 Å². The zero-order chi connectivity index (χ0) is 20.3. The molecule has 158 valence electrons. The highest BCUT2D eigenvalue weighted by Crippen LogP contribution is 2.40. The second-order valence-corrected chi connectivity index (χ2v) is 9.13. The second-order valence-electron chi connectivity index (χ2n) is 9.13. The number of amides is 1. The summed E-state index contributed by atoms with van der Waals surface area (Å²) in [6.45, 7) is 15.2. The summed E-state index contributed by atoms with van der Waals surface area (Å²) in [4.78, 5) is 30.0. The number of rotatable bonds is 6. The third-order valence-corrected chi connectivity index (χ3v) is 6.64. The minimum absolute atomic E-state index is 0.117. The van der Waals surface area contributed by atoms with Crippen molar-refractivity contribution in [1.82, 2.24) is 15.1 Å². The Bertz CT molecular complexity index is 613. The van der Waals surface area contributed by atoms with Crippen LogP contribution >= 0.6 is 0 Å². The van der Waals surface area contributed by atoms with E-state index in [1.807, 2.05) is 0 Å². The van der Waals surface area contributed by atoms with Gasteiger partial charge in [0.1, 0.15) is 5.60 Å². The number of carbonyl (C=O) groups is 2. The first kappa shape index (κ1) is 21.3. The molecule has 0 aromatic heterocycles. The molecule has 6 nitrogen and oxygen atoms in total. The molecule has 3 heterocycles. The van der Waals surface area contributed by atoms with E-state index in [4.69, 9.17) is 4.74 Å². The van der Waals surface area contributed by atoms with Crippen molar-refractivity contribution in [3.63, 3.8) is 0 Å². The molecule has 1 spiro atoms. The van der Waals surface area contributed by atoms with E-state index in [0.29, 0.717) is 30.5 Å². The smallest absolute Gasteiger partial charge is 0.335 e. The fourth-order valence-electron chi connectivity index (χ4n) is 5.28. The summed E-state index contributed by atoms with van der Waals surface area (Å²) in [6.07, 6.45) is 3.65. The van der Waals surface area contributed by atoms with Gasteiger partial charge >= 0.3 is 5.97 Å². The number of piperidine rings is 2. The quantitative estimate of drug-likeness (QED) is 0.556. The summed E-state index contributed by atoms with van der Waals surface area (Å²) < 4.78 is 5.74. The van der Waals surface area contributed by atoms with Crippen LogP contribution in [0.15, 0.2) is 11.1 Å². The molecule has 1 amide bonds. The highest BCUT2D eigenvalue weighted by molar-refractivity contribution is 6.07. The van der Waals surface area contributed by atoms with Gasteiger partial charge in [0.2, 0.25) is 0 Å². The zero-order valence-electron chi connectivity index (χ0n) is 18.1. The Balaban J connectivity index is 1.53. The van der Waals surface area contributed by atoms with Gasteiger partial charge in [-0.25, -0.2) is 4.79 Å². The summed E-state index contributed by atoms with van der Waals surface area (Å²) in [5.41, 5.74) is 0.351. The molecule has 0 saturated carbocycles. The third-order valence-electron chi connectivity index (χ3n) is 6.64. The zero-order valence-corrected chi connectivity index (χ0v) is 18.1. The Morgan fingerprint density at radius 3 is 2.43 bits per heavy atom. The lowest BCUT2D eigenvalue weighted by Gasteiger charge is -2.39. The average molecular weight is 392 g/mol. The molecule has 2 unspecified atom stereocenters. The van der Waals surface area contributed by atoms with E-state index in [9.17, 15) is 9.59 Å². The van der Waals surface area contributed by atoms with Gasteiger partial charge < -0.3 is 19.9 Å². The molecule has 1 N–H and O–H groups in total. The van der Waals surface area contributed by atoms with Crippen LogP contribution in [-0.4, -0.2) is 73.1 Å². The molecule has 3 rings (SSSR count). The van der Waals surface area contributed by atoms with Crippen LogP contribution in [0.1, 0.15) is 53.4 Å². The molecule has 0 bridgehead atoms. The van der Waals surface area contributed by atoms with Gasteiger partial charge in [-0.15, -0.1) is 0 Å². The molecule has 3 aliphatic heterocycles. The van der Waals surface area contributed by atoms with Gasteiger partial charge in [-0.05, 0) is 44.7 Å². The van der Waals surface area contributed by atoms with Crippen LogP contribution < -0.4 is 5.32 Å². The van der Waals surface area contributed by atoms with Crippen molar-refractivity contribution in [2.24, 2.45) is 11.8 Å². The molecule has 0 radical (unpaired) electrons. The van der Waals surface area contributed by atoms with Crippen LogP contribution in [0.25, 0.3) is 0 Å². The van der Waals surface area contributed by atoms with Crippen LogP contribution in [0.3, 0.4) is 0 Å². The van der Waals surface area contributed by atoms with Crippen LogP contribution in [0, 0.1) is 11.8 Å². The SMILES string of the molecule is CCN1CCC2(CC1)OC(=O)C(C)=C2C(=O)NCCCN1CC(C)CC(C)C1. The van der Waals surface area contributed by atoms with Crippen LogP contribution in [-0.2, 0) is 14.3 Å². The maximum atomic E-state index is 13.0. The summed E-state index contributed by atoms with van der Waals surface area (Å²) >= 11 is 0. The second kappa shape index (κ2) is 8.95. The lowest BCUT2D eigenvalue weighted by molar-refractivity contribution is -0.150. The predicted octanol–water partition coefficient (Wildman–Crippen LogP) is 2.20. The van der Waals surface area contributed by atoms with E-state index >= 15 is 0 Å². The molecule has 3 aliphatic rings. The van der Waals surface area contributed by atoms with Crippen molar-refractivity contribution in [2.75, 3.05) is 45.8 Å². The Morgan fingerprint density at radius 2 is 1.82 bits per heavy atom. The van der Waals surface area contributed by atoms with Gasteiger partial charge in [0.05, 0.1) is 5.57 Å². The number of hydrogen-bond donors (Lipinski definition) is 1. The third kappa shape index (κ3) is 4.60. The summed E-state index contributed by atoms with van der Waals surface area (Å²) in [5.74, 6) is 1.06. The summed E-state index contributed by atoms with van der Waals surface area (Å²) in [6, 6.07) is 0. The van der Waals surface area contributed by atoms with Crippen LogP contribution in [0.2, 0.25) is 0 Å². The molecule has 2 fully saturated rings. The fourth-order valence-corrected chi connectivity index (χ4v) is 5.28. The van der Waals surface area contributed by atoms with E-state index in [1.54, 1.807) is 6.92 Å². The van der Waals surface area contributed by atoms with Gasteiger partial charge in [-0.2, -0.15) is 0 Å². The average Bonchev–Trinajstić information content (AvgIpc) is 2.88. The van der Waals surface area contributed by atoms with Gasteiger partial charge in [0.25, 0.3) is 5.91 Å². The Morgan fingerprint density at radius 1 is 1.18 bits per heavy atom. The fraction of sp³-hybridized carbons (Fsp3) is 0.818. The molecule has 28 heavy (non-hydrogen) atoms. The van der Waals surface area contributed by atoms with Crippen molar-refractivity contribution in [1.29, 1.82) is 0 Å². The number of carbonyl (C=O) groups excluding carboxylic acids is 2. The minimum atomic E-state index is -0.714. The number of hydrogen-bond acceptors (Lipinski definition) is 5. The first-order valence-electron chi connectivity index (χ1n) is 11.0. The highest BCUT2D eigenvalue weighted by Gasteiger charge is 2.50. The van der Waals surface area contributed by atoms with E-state index < -0.39 is 5.60 Å². The van der Waals surface area contributed by atoms with E-state index in [1.165, 1.54) is 6.42 Å². The predicted molar refractivity (Wildman–Crippen MR) is 110 cm³/mol. The number of ether oxygens (including phenoxy) is 1. The van der Waals surface area contributed by atoms with Crippen molar-refractivity contribution in [3.05, 3.63) is 11.1 Å². The number of nitrogens with one attached hydrogen (secondary N) is 1. The molecular formula is C22H37N3O3. The van der Waals surface area contributed by atoms with Gasteiger partial charge in [0, 0.05) is 51.1 Å². The van der Waals surface area contributed by atoms with Gasteiger partial charge in [0.15, 0.2) is 0 Å². The molecule has 0 aromatic rings. The Kier molecular flexibility index (Phi) is 6.81. The van der Waals surface area contributed by atoms with E-state index in [0.717, 1.165) is 57.5 Å². The van der Waals surface area contributed by atoms with Crippen molar-refractivity contribution < 1.29 is 14.3 Å². The van der Waals surface area contributed by atoms with E-state index in [2.05, 4.69) is 35.9 Å².